The molecule has 2 amide bonds. The second kappa shape index (κ2) is 5.13. The number of primary amides is 1. The van der Waals surface area contributed by atoms with Crippen LogP contribution in [0.15, 0.2) is 0 Å². The van der Waals surface area contributed by atoms with Crippen molar-refractivity contribution in [2.24, 2.45) is 17.4 Å². The molecule has 1 saturated heterocycles. The van der Waals surface area contributed by atoms with Crippen LogP contribution < -0.4 is 11.5 Å². The summed E-state index contributed by atoms with van der Waals surface area (Å²) in [6, 6.07) is -1.39. The molecule has 5 N–H and O–H groups in total. The highest BCUT2D eigenvalue weighted by Gasteiger charge is 2.39. The largest absolute Gasteiger partial charge is 0.481 e. The highest BCUT2D eigenvalue weighted by Crippen LogP contribution is 2.24. The number of hydrogen-bond acceptors (Lipinski definition) is 4. The fraction of sp³-hybridized carbons (Fsp3) is 0.700. The van der Waals surface area contributed by atoms with Crippen LogP contribution in [0.3, 0.4) is 0 Å². The molecule has 0 aromatic rings. The van der Waals surface area contributed by atoms with Gasteiger partial charge in [0, 0.05) is 12.6 Å². The van der Waals surface area contributed by atoms with Gasteiger partial charge in [-0.15, -0.1) is 0 Å². The number of likely N-dealkylation sites (tertiary alicyclic amines) is 1. The van der Waals surface area contributed by atoms with Crippen molar-refractivity contribution in [1.82, 2.24) is 4.90 Å². The van der Waals surface area contributed by atoms with Gasteiger partial charge in [0.15, 0.2) is 0 Å². The van der Waals surface area contributed by atoms with E-state index in [1.54, 1.807) is 6.92 Å². The van der Waals surface area contributed by atoms with E-state index in [4.69, 9.17) is 16.6 Å². The molecule has 1 aliphatic heterocycles. The molecule has 7 nitrogen and oxygen atoms in total. The summed E-state index contributed by atoms with van der Waals surface area (Å²) >= 11 is 0. The molecule has 7 heteroatoms. The minimum atomic E-state index is -0.984. The summed E-state index contributed by atoms with van der Waals surface area (Å²) in [5, 5.41) is 8.92. The number of carbonyl (C=O) groups is 3. The van der Waals surface area contributed by atoms with Crippen LogP contribution in [0, 0.1) is 5.92 Å². The van der Waals surface area contributed by atoms with Gasteiger partial charge in [-0.1, -0.05) is 0 Å². The lowest BCUT2D eigenvalue weighted by atomic mass is 10.0. The molecular formula is C10H17N3O4. The van der Waals surface area contributed by atoms with Crippen molar-refractivity contribution in [2.75, 3.05) is 6.54 Å². The van der Waals surface area contributed by atoms with E-state index < -0.39 is 35.8 Å². The standard InChI is InChI=1S/C10H17N3O4/c1-5-6(10(16)17)2-3-13(5)9(15)7(11)4-8(12)14/h5-7H,2-4,11H2,1H3,(H2,12,14)(H,16,17). The normalized spacial score (nSPS) is 25.6. The van der Waals surface area contributed by atoms with Gasteiger partial charge in [0.05, 0.1) is 18.4 Å². The Hall–Kier alpha value is -1.63. The second-order valence-corrected chi connectivity index (χ2v) is 4.28. The Morgan fingerprint density at radius 2 is 2.06 bits per heavy atom. The number of nitrogens with two attached hydrogens (primary N) is 2. The fourth-order valence-electron chi connectivity index (χ4n) is 2.10. The van der Waals surface area contributed by atoms with E-state index in [1.165, 1.54) is 4.90 Å². The summed E-state index contributed by atoms with van der Waals surface area (Å²) in [5.41, 5.74) is 10.5. The van der Waals surface area contributed by atoms with Gasteiger partial charge in [0.1, 0.15) is 0 Å². The molecule has 0 saturated carbocycles. The minimum absolute atomic E-state index is 0.222. The lowest BCUT2D eigenvalue weighted by Crippen LogP contribution is -2.48. The molecule has 0 bridgehead atoms. The van der Waals surface area contributed by atoms with Gasteiger partial charge in [-0.25, -0.2) is 0 Å². The first-order valence-electron chi connectivity index (χ1n) is 5.41. The van der Waals surface area contributed by atoms with Crippen LogP contribution in [0.2, 0.25) is 0 Å². The van der Waals surface area contributed by atoms with E-state index in [1.807, 2.05) is 0 Å². The van der Waals surface area contributed by atoms with Crippen molar-refractivity contribution in [3.8, 4) is 0 Å². The molecule has 0 spiro atoms. The lowest BCUT2D eigenvalue weighted by molar-refractivity contribution is -0.143. The monoisotopic (exact) mass is 243 g/mol. The van der Waals surface area contributed by atoms with E-state index in [9.17, 15) is 14.4 Å². The van der Waals surface area contributed by atoms with Crippen molar-refractivity contribution in [3.05, 3.63) is 0 Å². The number of carbonyl (C=O) groups excluding carboxylic acids is 2. The van der Waals surface area contributed by atoms with Crippen molar-refractivity contribution >= 4 is 17.8 Å². The summed E-state index contributed by atoms with van der Waals surface area (Å²) in [6.07, 6.45) is 0.186. The zero-order valence-electron chi connectivity index (χ0n) is 9.63. The second-order valence-electron chi connectivity index (χ2n) is 4.28. The average Bonchev–Trinajstić information content (AvgIpc) is 2.57. The van der Waals surface area contributed by atoms with Gasteiger partial charge in [-0.05, 0) is 13.3 Å². The Morgan fingerprint density at radius 1 is 1.47 bits per heavy atom. The van der Waals surface area contributed by atoms with Crippen molar-refractivity contribution in [2.45, 2.75) is 31.8 Å². The quantitative estimate of drug-likeness (QED) is 0.554. The molecule has 3 atom stereocenters. The summed E-state index contributed by atoms with van der Waals surface area (Å²) in [5.74, 6) is -2.55. The summed E-state index contributed by atoms with van der Waals surface area (Å²) in [4.78, 5) is 34.8. The first-order valence-corrected chi connectivity index (χ1v) is 5.41. The smallest absolute Gasteiger partial charge is 0.308 e. The molecule has 1 fully saturated rings. The number of aliphatic carboxylic acids is 1. The van der Waals surface area contributed by atoms with E-state index in [0.717, 1.165) is 0 Å². The highest BCUT2D eigenvalue weighted by molar-refractivity contribution is 5.88. The Morgan fingerprint density at radius 3 is 2.47 bits per heavy atom. The van der Waals surface area contributed by atoms with Crippen LogP contribution in [0.5, 0.6) is 0 Å². The number of carboxylic acid groups (broad SMARTS) is 1. The SMILES string of the molecule is CC1C(C(=O)O)CCN1C(=O)C(N)CC(N)=O. The third kappa shape index (κ3) is 2.94. The Kier molecular flexibility index (Phi) is 4.06. The highest BCUT2D eigenvalue weighted by atomic mass is 16.4. The van der Waals surface area contributed by atoms with Gasteiger partial charge in [-0.2, -0.15) is 0 Å². The molecule has 0 aromatic carbocycles. The van der Waals surface area contributed by atoms with E-state index in [0.29, 0.717) is 13.0 Å². The number of rotatable bonds is 4. The third-order valence-electron chi connectivity index (χ3n) is 3.09. The first kappa shape index (κ1) is 13.4. The molecule has 0 aliphatic carbocycles. The van der Waals surface area contributed by atoms with Crippen molar-refractivity contribution in [1.29, 1.82) is 0 Å². The molecule has 0 radical (unpaired) electrons. The maximum absolute atomic E-state index is 11.9. The minimum Gasteiger partial charge on any atom is -0.481 e. The van der Waals surface area contributed by atoms with Crippen LogP contribution in [-0.4, -0.2) is 46.4 Å². The topological polar surface area (TPSA) is 127 Å². The van der Waals surface area contributed by atoms with Crippen LogP contribution in [0.1, 0.15) is 19.8 Å². The van der Waals surface area contributed by atoms with E-state index >= 15 is 0 Å². The third-order valence-corrected chi connectivity index (χ3v) is 3.09. The predicted molar refractivity (Wildman–Crippen MR) is 58.7 cm³/mol. The van der Waals surface area contributed by atoms with E-state index in [-0.39, 0.29) is 6.42 Å². The van der Waals surface area contributed by atoms with Crippen LogP contribution in [-0.2, 0) is 14.4 Å². The Bertz CT molecular complexity index is 344. The zero-order valence-corrected chi connectivity index (χ0v) is 9.63. The van der Waals surface area contributed by atoms with Crippen LogP contribution >= 0.6 is 0 Å². The molecular weight excluding hydrogens is 226 g/mol. The van der Waals surface area contributed by atoms with Gasteiger partial charge >= 0.3 is 5.97 Å². The summed E-state index contributed by atoms with van der Waals surface area (Å²) in [6.45, 7) is 2.02. The maximum atomic E-state index is 11.9. The fourth-order valence-corrected chi connectivity index (χ4v) is 2.10. The average molecular weight is 243 g/mol. The number of carboxylic acids is 1. The van der Waals surface area contributed by atoms with Gasteiger partial charge in [-0.3, -0.25) is 14.4 Å². The molecule has 96 valence electrons. The van der Waals surface area contributed by atoms with Crippen molar-refractivity contribution < 1.29 is 19.5 Å². The van der Waals surface area contributed by atoms with Gasteiger partial charge in [0.2, 0.25) is 11.8 Å². The lowest BCUT2D eigenvalue weighted by Gasteiger charge is -2.25. The molecule has 0 aromatic heterocycles. The van der Waals surface area contributed by atoms with Gasteiger partial charge in [0.25, 0.3) is 0 Å². The first-order chi connectivity index (χ1) is 7.84. The van der Waals surface area contributed by atoms with Crippen LogP contribution in [0.25, 0.3) is 0 Å². The molecule has 17 heavy (non-hydrogen) atoms. The van der Waals surface area contributed by atoms with Crippen LogP contribution in [0.4, 0.5) is 0 Å². The Balaban J connectivity index is 2.65. The zero-order chi connectivity index (χ0) is 13.2. The predicted octanol–water partition coefficient (Wildman–Crippen LogP) is -1.49. The van der Waals surface area contributed by atoms with Gasteiger partial charge < -0.3 is 21.5 Å². The number of nitrogens with zero attached hydrogens (tertiary/aromatic N) is 1. The summed E-state index contributed by atoms with van der Waals surface area (Å²) in [7, 11) is 0. The summed E-state index contributed by atoms with van der Waals surface area (Å²) < 4.78 is 0. The molecule has 3 unspecified atom stereocenters. The van der Waals surface area contributed by atoms with Crippen molar-refractivity contribution in [3.63, 3.8) is 0 Å². The molecule has 1 heterocycles. The molecule has 1 rings (SSSR count). The molecule has 1 aliphatic rings. The Labute approximate surface area is 98.7 Å². The van der Waals surface area contributed by atoms with E-state index in [2.05, 4.69) is 0 Å². The number of amides is 2. The maximum Gasteiger partial charge on any atom is 0.308 e. The number of hydrogen-bond donors (Lipinski definition) is 3.